The number of hydrazone groups is 1. The van der Waals surface area contributed by atoms with Crippen molar-refractivity contribution in [3.8, 4) is 0 Å². The molecule has 2 aromatic rings. The fourth-order valence-electron chi connectivity index (χ4n) is 2.35. The summed E-state index contributed by atoms with van der Waals surface area (Å²) in [6.07, 6.45) is 0. The largest absolute Gasteiger partial charge is 0.326 e. The van der Waals surface area contributed by atoms with E-state index in [1.165, 1.54) is 32.0 Å². The van der Waals surface area contributed by atoms with Gasteiger partial charge in [-0.2, -0.15) is 5.10 Å². The van der Waals surface area contributed by atoms with Crippen LogP contribution in [0.4, 0.5) is 11.4 Å². The molecule has 2 aromatic carbocycles. The molecule has 2 rings (SSSR count). The van der Waals surface area contributed by atoms with Gasteiger partial charge in [-0.3, -0.25) is 19.7 Å². The van der Waals surface area contributed by atoms with Gasteiger partial charge in [-0.25, -0.2) is 5.43 Å². The molecule has 0 fully saturated rings. The summed E-state index contributed by atoms with van der Waals surface area (Å²) >= 11 is 0. The molecular weight excluding hydrogens is 336 g/mol. The lowest BCUT2D eigenvalue weighted by molar-refractivity contribution is -0.385. The zero-order valence-electron chi connectivity index (χ0n) is 14.6. The summed E-state index contributed by atoms with van der Waals surface area (Å²) in [5.41, 5.74) is 4.59. The van der Waals surface area contributed by atoms with Gasteiger partial charge in [0.2, 0.25) is 5.91 Å². The Balaban J connectivity index is 2.19. The van der Waals surface area contributed by atoms with E-state index >= 15 is 0 Å². The number of nitro groups is 1. The van der Waals surface area contributed by atoms with Crippen LogP contribution >= 0.6 is 0 Å². The Morgan fingerprint density at radius 3 is 2.46 bits per heavy atom. The van der Waals surface area contributed by atoms with E-state index in [-0.39, 0.29) is 22.7 Å². The number of carbonyl (C=O) groups excluding carboxylic acids is 2. The summed E-state index contributed by atoms with van der Waals surface area (Å²) < 4.78 is 0. The van der Waals surface area contributed by atoms with Gasteiger partial charge in [0.15, 0.2) is 0 Å². The second-order valence-electron chi connectivity index (χ2n) is 5.61. The highest BCUT2D eigenvalue weighted by molar-refractivity contribution is 6.02. The van der Waals surface area contributed by atoms with Crippen LogP contribution < -0.4 is 10.7 Å². The summed E-state index contributed by atoms with van der Waals surface area (Å²) in [6, 6.07) is 11.3. The van der Waals surface area contributed by atoms with E-state index in [0.29, 0.717) is 17.0 Å². The van der Waals surface area contributed by atoms with E-state index in [9.17, 15) is 19.7 Å². The molecule has 26 heavy (non-hydrogen) atoms. The predicted octanol–water partition coefficient (Wildman–Crippen LogP) is 3.02. The first-order valence-corrected chi connectivity index (χ1v) is 7.76. The van der Waals surface area contributed by atoms with E-state index in [1.807, 2.05) is 0 Å². The van der Waals surface area contributed by atoms with E-state index in [1.54, 1.807) is 31.2 Å². The van der Waals surface area contributed by atoms with E-state index < -0.39 is 10.8 Å². The molecule has 0 radical (unpaired) electrons. The van der Waals surface area contributed by atoms with Crippen molar-refractivity contribution in [2.75, 3.05) is 5.32 Å². The fraction of sp³-hybridized carbons (Fsp3) is 0.167. The third-order valence-corrected chi connectivity index (χ3v) is 3.67. The molecule has 0 saturated heterocycles. The zero-order chi connectivity index (χ0) is 19.3. The number of anilines is 1. The molecule has 0 bridgehead atoms. The van der Waals surface area contributed by atoms with Crippen LogP contribution in [0, 0.1) is 17.0 Å². The highest BCUT2D eigenvalue weighted by Crippen LogP contribution is 2.21. The van der Waals surface area contributed by atoms with Gasteiger partial charge in [0.25, 0.3) is 11.6 Å². The Morgan fingerprint density at radius 2 is 1.81 bits per heavy atom. The topological polar surface area (TPSA) is 114 Å². The second-order valence-corrected chi connectivity index (χ2v) is 5.61. The van der Waals surface area contributed by atoms with Crippen LogP contribution in [0.15, 0.2) is 47.6 Å². The number of hydrogen-bond donors (Lipinski definition) is 2. The number of rotatable bonds is 5. The summed E-state index contributed by atoms with van der Waals surface area (Å²) in [5.74, 6) is -0.727. The van der Waals surface area contributed by atoms with Gasteiger partial charge in [0.05, 0.1) is 16.2 Å². The molecular formula is C18H18N4O4. The molecule has 134 valence electrons. The number of nitrogens with zero attached hydrogens (tertiary/aromatic N) is 2. The normalized spacial score (nSPS) is 11.0. The van der Waals surface area contributed by atoms with Crippen LogP contribution in [0.1, 0.15) is 35.3 Å². The van der Waals surface area contributed by atoms with Crippen molar-refractivity contribution >= 4 is 28.9 Å². The minimum absolute atomic E-state index is 0.124. The molecule has 0 spiro atoms. The molecule has 0 unspecified atom stereocenters. The zero-order valence-corrected chi connectivity index (χ0v) is 14.6. The molecule has 0 aliphatic carbocycles. The fourth-order valence-corrected chi connectivity index (χ4v) is 2.35. The van der Waals surface area contributed by atoms with E-state index in [2.05, 4.69) is 15.8 Å². The van der Waals surface area contributed by atoms with Gasteiger partial charge in [-0.15, -0.1) is 0 Å². The quantitative estimate of drug-likeness (QED) is 0.488. The maximum atomic E-state index is 12.3. The van der Waals surface area contributed by atoms with Crippen LogP contribution in [0.25, 0.3) is 0 Å². The maximum absolute atomic E-state index is 12.3. The minimum atomic E-state index is -0.538. The van der Waals surface area contributed by atoms with Gasteiger partial charge in [-0.1, -0.05) is 18.2 Å². The van der Waals surface area contributed by atoms with Gasteiger partial charge in [0, 0.05) is 24.2 Å². The van der Waals surface area contributed by atoms with Crippen molar-refractivity contribution in [2.45, 2.75) is 20.8 Å². The van der Waals surface area contributed by atoms with Gasteiger partial charge in [-0.05, 0) is 37.6 Å². The number of amides is 2. The lowest BCUT2D eigenvalue weighted by atomic mass is 10.1. The second kappa shape index (κ2) is 8.02. The van der Waals surface area contributed by atoms with Crippen LogP contribution in [-0.4, -0.2) is 22.4 Å². The standard InChI is InChI=1S/C18H18N4O4/c1-11-16(8-5-9-17(11)22(25)26)18(24)21-20-12(2)14-6-4-7-15(10-14)19-13(3)23/h4-10H,1-3H3,(H,19,23)(H,21,24)/b20-12-. The monoisotopic (exact) mass is 354 g/mol. The van der Waals surface area contributed by atoms with Crippen molar-refractivity contribution in [3.05, 3.63) is 69.3 Å². The lowest BCUT2D eigenvalue weighted by Crippen LogP contribution is -2.20. The van der Waals surface area contributed by atoms with Gasteiger partial charge in [0.1, 0.15) is 0 Å². The molecule has 2 amide bonds. The van der Waals surface area contributed by atoms with Crippen LogP contribution in [0.3, 0.4) is 0 Å². The lowest BCUT2D eigenvalue weighted by Gasteiger charge is -2.07. The van der Waals surface area contributed by atoms with Crippen molar-refractivity contribution < 1.29 is 14.5 Å². The van der Waals surface area contributed by atoms with Crippen molar-refractivity contribution in [3.63, 3.8) is 0 Å². The van der Waals surface area contributed by atoms with Crippen LogP contribution in [-0.2, 0) is 4.79 Å². The van der Waals surface area contributed by atoms with Crippen molar-refractivity contribution in [2.24, 2.45) is 5.10 Å². The molecule has 8 heteroatoms. The summed E-state index contributed by atoms with van der Waals surface area (Å²) in [4.78, 5) is 33.9. The maximum Gasteiger partial charge on any atom is 0.273 e. The summed E-state index contributed by atoms with van der Waals surface area (Å²) in [7, 11) is 0. The highest BCUT2D eigenvalue weighted by Gasteiger charge is 2.17. The van der Waals surface area contributed by atoms with E-state index in [4.69, 9.17) is 0 Å². The first kappa shape index (κ1) is 18.8. The molecule has 0 aromatic heterocycles. The average Bonchev–Trinajstić information content (AvgIpc) is 2.59. The Labute approximate surface area is 150 Å². The van der Waals surface area contributed by atoms with Gasteiger partial charge < -0.3 is 5.32 Å². The Hall–Kier alpha value is -3.55. The Kier molecular flexibility index (Phi) is 5.79. The number of nitro benzene ring substituents is 1. The third-order valence-electron chi connectivity index (χ3n) is 3.67. The summed E-state index contributed by atoms with van der Waals surface area (Å²) in [6.45, 7) is 4.63. The Bertz CT molecular complexity index is 906. The molecule has 0 saturated carbocycles. The first-order valence-electron chi connectivity index (χ1n) is 7.76. The number of hydrogen-bond acceptors (Lipinski definition) is 5. The first-order chi connectivity index (χ1) is 12.3. The van der Waals surface area contributed by atoms with Crippen LogP contribution in [0.2, 0.25) is 0 Å². The minimum Gasteiger partial charge on any atom is -0.326 e. The smallest absolute Gasteiger partial charge is 0.273 e. The highest BCUT2D eigenvalue weighted by atomic mass is 16.6. The van der Waals surface area contributed by atoms with Crippen LogP contribution in [0.5, 0.6) is 0 Å². The molecule has 0 aliphatic rings. The average molecular weight is 354 g/mol. The van der Waals surface area contributed by atoms with E-state index in [0.717, 1.165) is 0 Å². The number of benzene rings is 2. The predicted molar refractivity (Wildman–Crippen MR) is 98.3 cm³/mol. The number of nitrogens with one attached hydrogen (secondary N) is 2. The molecule has 0 heterocycles. The Morgan fingerprint density at radius 1 is 1.12 bits per heavy atom. The molecule has 8 nitrogen and oxygen atoms in total. The molecule has 0 atom stereocenters. The number of carbonyl (C=O) groups is 2. The summed E-state index contributed by atoms with van der Waals surface area (Å²) in [5, 5.41) is 17.7. The van der Waals surface area contributed by atoms with Crippen molar-refractivity contribution in [1.29, 1.82) is 0 Å². The van der Waals surface area contributed by atoms with Crippen molar-refractivity contribution in [1.82, 2.24) is 5.43 Å². The van der Waals surface area contributed by atoms with Gasteiger partial charge >= 0.3 is 0 Å². The SMILES string of the molecule is CC(=O)Nc1cccc(/C(C)=N\NC(=O)c2cccc([N+](=O)[O-])c2C)c1. The molecule has 2 N–H and O–H groups in total. The molecule has 0 aliphatic heterocycles. The third kappa shape index (κ3) is 4.50.